The fourth-order valence-electron chi connectivity index (χ4n) is 2.34. The number of carbonyl (C=O) groups is 3. The number of nitrogens with zero attached hydrogens (tertiary/aromatic N) is 1. The summed E-state index contributed by atoms with van der Waals surface area (Å²) in [6, 6.07) is 8.92. The maximum atomic E-state index is 12.4. The molecule has 6 nitrogen and oxygen atoms in total. The lowest BCUT2D eigenvalue weighted by Crippen LogP contribution is -2.34. The zero-order valence-corrected chi connectivity index (χ0v) is 15.0. The predicted molar refractivity (Wildman–Crippen MR) is 94.3 cm³/mol. The van der Waals surface area contributed by atoms with Gasteiger partial charge in [-0.3, -0.25) is 14.4 Å². The van der Waals surface area contributed by atoms with Crippen LogP contribution in [0.15, 0.2) is 30.3 Å². The first-order chi connectivity index (χ1) is 12.1. The molecule has 0 N–H and O–H groups in total. The van der Waals surface area contributed by atoms with E-state index in [-0.39, 0.29) is 43.5 Å². The second-order valence-electron chi connectivity index (χ2n) is 5.55. The number of rotatable bonds is 12. The Morgan fingerprint density at radius 2 is 1.72 bits per heavy atom. The minimum atomic E-state index is -0.358. The van der Waals surface area contributed by atoms with Gasteiger partial charge < -0.3 is 14.4 Å². The van der Waals surface area contributed by atoms with Crippen LogP contribution in [0.1, 0.15) is 43.0 Å². The molecule has 25 heavy (non-hydrogen) atoms. The fourth-order valence-corrected chi connectivity index (χ4v) is 2.34. The molecule has 0 unspecified atom stereocenters. The zero-order chi connectivity index (χ0) is 18.5. The monoisotopic (exact) mass is 349 g/mol. The van der Waals surface area contributed by atoms with Crippen LogP contribution in [0.3, 0.4) is 0 Å². The van der Waals surface area contributed by atoms with Gasteiger partial charge >= 0.3 is 5.97 Å². The van der Waals surface area contributed by atoms with E-state index in [9.17, 15) is 14.4 Å². The van der Waals surface area contributed by atoms with Crippen molar-refractivity contribution in [1.82, 2.24) is 4.90 Å². The van der Waals surface area contributed by atoms with Crippen LogP contribution in [-0.2, 0) is 19.1 Å². The molecule has 0 heterocycles. The van der Waals surface area contributed by atoms with Crippen LogP contribution in [0.25, 0.3) is 0 Å². The van der Waals surface area contributed by atoms with Crippen LogP contribution in [0.4, 0.5) is 0 Å². The van der Waals surface area contributed by atoms with Gasteiger partial charge in [0, 0.05) is 44.7 Å². The highest BCUT2D eigenvalue weighted by Crippen LogP contribution is 2.08. The highest BCUT2D eigenvalue weighted by molar-refractivity contribution is 5.97. The minimum absolute atomic E-state index is 0.0591. The lowest BCUT2D eigenvalue weighted by Gasteiger charge is -2.22. The fraction of sp³-hybridized carbons (Fsp3) is 0.526. The van der Waals surface area contributed by atoms with E-state index in [0.717, 1.165) is 0 Å². The molecule has 0 aliphatic rings. The van der Waals surface area contributed by atoms with Gasteiger partial charge in [-0.15, -0.1) is 0 Å². The molecule has 1 amide bonds. The lowest BCUT2D eigenvalue weighted by molar-refractivity contribution is -0.141. The summed E-state index contributed by atoms with van der Waals surface area (Å²) in [6.45, 7) is 3.88. The summed E-state index contributed by atoms with van der Waals surface area (Å²) in [5, 5.41) is 0. The van der Waals surface area contributed by atoms with Crippen molar-refractivity contribution in [1.29, 1.82) is 0 Å². The molecule has 138 valence electrons. The normalized spacial score (nSPS) is 10.3. The second-order valence-corrected chi connectivity index (χ2v) is 5.55. The first kappa shape index (κ1) is 20.8. The molecule has 0 aliphatic carbocycles. The van der Waals surface area contributed by atoms with E-state index in [2.05, 4.69) is 4.74 Å². The van der Waals surface area contributed by atoms with Crippen LogP contribution >= 0.6 is 0 Å². The summed E-state index contributed by atoms with van der Waals surface area (Å²) < 4.78 is 9.91. The Morgan fingerprint density at radius 3 is 2.36 bits per heavy atom. The summed E-state index contributed by atoms with van der Waals surface area (Å²) >= 11 is 0. The predicted octanol–water partition coefficient (Wildman–Crippen LogP) is 2.47. The summed E-state index contributed by atoms with van der Waals surface area (Å²) in [5.41, 5.74) is 0.604. The van der Waals surface area contributed by atoms with Gasteiger partial charge in [0.2, 0.25) is 5.91 Å². The standard InChI is InChI=1S/C19H27NO5/c1-3-25-15-7-13-20(14-12-19(23)24-2)18(22)11-10-17(21)16-8-5-4-6-9-16/h4-6,8-9H,3,7,10-15H2,1-2H3. The van der Waals surface area contributed by atoms with Gasteiger partial charge in [-0.25, -0.2) is 0 Å². The van der Waals surface area contributed by atoms with Crippen LogP contribution in [-0.4, -0.2) is 56.0 Å². The van der Waals surface area contributed by atoms with E-state index in [1.165, 1.54) is 7.11 Å². The topological polar surface area (TPSA) is 72.9 Å². The Kier molecular flexibility index (Phi) is 10.2. The number of hydrogen-bond acceptors (Lipinski definition) is 5. The van der Waals surface area contributed by atoms with Crippen LogP contribution < -0.4 is 0 Å². The van der Waals surface area contributed by atoms with Crippen molar-refractivity contribution in [3.8, 4) is 0 Å². The molecular weight excluding hydrogens is 322 g/mol. The molecule has 0 saturated carbocycles. The van der Waals surface area contributed by atoms with Crippen LogP contribution in [0.2, 0.25) is 0 Å². The SMILES string of the molecule is CCOCCCN(CCC(=O)OC)C(=O)CCC(=O)c1ccccc1. The maximum absolute atomic E-state index is 12.4. The molecule has 0 bridgehead atoms. The molecule has 1 rings (SSSR count). The second kappa shape index (κ2) is 12.2. The van der Waals surface area contributed by atoms with Crippen LogP contribution in [0.5, 0.6) is 0 Å². The Morgan fingerprint density at radius 1 is 1.00 bits per heavy atom. The van der Waals surface area contributed by atoms with E-state index >= 15 is 0 Å². The summed E-state index contributed by atoms with van der Waals surface area (Å²) in [5.74, 6) is -0.552. The van der Waals surface area contributed by atoms with E-state index in [4.69, 9.17) is 4.74 Å². The average Bonchev–Trinajstić information content (AvgIpc) is 2.65. The molecule has 1 aromatic carbocycles. The van der Waals surface area contributed by atoms with Crippen molar-refractivity contribution in [2.45, 2.75) is 32.6 Å². The van der Waals surface area contributed by atoms with Gasteiger partial charge in [-0.2, -0.15) is 0 Å². The largest absolute Gasteiger partial charge is 0.469 e. The van der Waals surface area contributed by atoms with Gasteiger partial charge in [-0.05, 0) is 13.3 Å². The number of amides is 1. The van der Waals surface area contributed by atoms with Crippen molar-refractivity contribution in [2.24, 2.45) is 0 Å². The van der Waals surface area contributed by atoms with Gasteiger partial charge in [-0.1, -0.05) is 30.3 Å². The average molecular weight is 349 g/mol. The van der Waals surface area contributed by atoms with E-state index in [1.807, 2.05) is 13.0 Å². The quantitative estimate of drug-likeness (QED) is 0.329. The van der Waals surface area contributed by atoms with Crippen molar-refractivity contribution in [2.75, 3.05) is 33.4 Å². The van der Waals surface area contributed by atoms with Gasteiger partial charge in [0.15, 0.2) is 5.78 Å². The molecule has 0 fully saturated rings. The van der Waals surface area contributed by atoms with Gasteiger partial charge in [0.05, 0.1) is 13.5 Å². The van der Waals surface area contributed by atoms with Crippen molar-refractivity contribution >= 4 is 17.7 Å². The third-order valence-corrected chi connectivity index (χ3v) is 3.75. The molecule has 0 atom stereocenters. The Balaban J connectivity index is 2.51. The van der Waals surface area contributed by atoms with E-state index in [1.54, 1.807) is 29.2 Å². The summed E-state index contributed by atoms with van der Waals surface area (Å²) in [7, 11) is 1.32. The highest BCUT2D eigenvalue weighted by Gasteiger charge is 2.17. The first-order valence-corrected chi connectivity index (χ1v) is 8.59. The number of methoxy groups -OCH3 is 1. The number of ether oxygens (including phenoxy) is 2. The third kappa shape index (κ3) is 8.44. The lowest BCUT2D eigenvalue weighted by atomic mass is 10.1. The number of Topliss-reactive ketones (excluding diaryl/α,β-unsaturated/α-hetero) is 1. The number of benzene rings is 1. The Labute approximate surface area is 149 Å². The van der Waals surface area contributed by atoms with Gasteiger partial charge in [0.25, 0.3) is 0 Å². The molecule has 0 aliphatic heterocycles. The van der Waals surface area contributed by atoms with Crippen molar-refractivity contribution < 1.29 is 23.9 Å². The molecular formula is C19H27NO5. The Hall–Kier alpha value is -2.21. The van der Waals surface area contributed by atoms with E-state index < -0.39 is 0 Å². The zero-order valence-electron chi connectivity index (χ0n) is 15.0. The Bertz CT molecular complexity index is 544. The molecule has 6 heteroatoms. The maximum Gasteiger partial charge on any atom is 0.307 e. The highest BCUT2D eigenvalue weighted by atomic mass is 16.5. The van der Waals surface area contributed by atoms with Crippen LogP contribution in [0, 0.1) is 0 Å². The summed E-state index contributed by atoms with van der Waals surface area (Å²) in [4.78, 5) is 37.5. The van der Waals surface area contributed by atoms with Crippen molar-refractivity contribution in [3.63, 3.8) is 0 Å². The number of esters is 1. The first-order valence-electron chi connectivity index (χ1n) is 8.59. The molecule has 0 spiro atoms. The smallest absolute Gasteiger partial charge is 0.307 e. The summed E-state index contributed by atoms with van der Waals surface area (Å²) in [6.07, 6.45) is 1.11. The van der Waals surface area contributed by atoms with E-state index in [0.29, 0.717) is 31.7 Å². The molecule has 0 aromatic heterocycles. The number of hydrogen-bond donors (Lipinski definition) is 0. The minimum Gasteiger partial charge on any atom is -0.469 e. The molecule has 0 saturated heterocycles. The molecule has 1 aromatic rings. The molecule has 0 radical (unpaired) electrons. The number of carbonyl (C=O) groups excluding carboxylic acids is 3. The third-order valence-electron chi connectivity index (χ3n) is 3.75. The van der Waals surface area contributed by atoms with Gasteiger partial charge in [0.1, 0.15) is 0 Å². The van der Waals surface area contributed by atoms with Crippen molar-refractivity contribution in [3.05, 3.63) is 35.9 Å². The number of ketones is 1.